The Hall–Kier alpha value is -1.43. The van der Waals surface area contributed by atoms with E-state index >= 15 is 0 Å². The lowest BCUT2D eigenvalue weighted by molar-refractivity contribution is 0.564. The fourth-order valence-corrected chi connectivity index (χ4v) is 9.55. The van der Waals surface area contributed by atoms with Crippen molar-refractivity contribution in [3.05, 3.63) is 91.0 Å². The van der Waals surface area contributed by atoms with Crippen LogP contribution in [0.4, 0.5) is 0 Å². The largest absolute Gasteiger partial charge is 0.112 e. The first-order chi connectivity index (χ1) is 15.9. The molecular formula is C30H39BrP+. The van der Waals surface area contributed by atoms with Crippen molar-refractivity contribution in [3.63, 3.8) is 0 Å². The Morgan fingerprint density at radius 3 is 1.06 bits per heavy atom. The zero-order valence-electron chi connectivity index (χ0n) is 19.5. The van der Waals surface area contributed by atoms with Crippen LogP contribution in [0.2, 0.25) is 0 Å². The van der Waals surface area contributed by atoms with Crippen LogP contribution in [-0.2, 0) is 0 Å². The summed E-state index contributed by atoms with van der Waals surface area (Å²) in [5, 5.41) is 5.70. The van der Waals surface area contributed by atoms with E-state index < -0.39 is 7.26 Å². The summed E-state index contributed by atoms with van der Waals surface area (Å²) in [4.78, 5) is 0. The van der Waals surface area contributed by atoms with Crippen molar-refractivity contribution in [2.45, 2.75) is 64.2 Å². The minimum Gasteiger partial charge on any atom is -0.0928 e. The van der Waals surface area contributed by atoms with Crippen molar-refractivity contribution in [2.75, 3.05) is 11.5 Å². The number of unbranched alkanes of at least 4 members (excludes halogenated alkanes) is 9. The summed E-state index contributed by atoms with van der Waals surface area (Å²) in [6.07, 6.45) is 15.0. The van der Waals surface area contributed by atoms with Crippen molar-refractivity contribution in [1.29, 1.82) is 0 Å². The molecule has 0 atom stereocenters. The molecule has 0 unspecified atom stereocenters. The van der Waals surface area contributed by atoms with E-state index in [0.29, 0.717) is 0 Å². The van der Waals surface area contributed by atoms with Gasteiger partial charge in [-0.3, -0.25) is 0 Å². The van der Waals surface area contributed by atoms with Crippen LogP contribution in [0, 0.1) is 0 Å². The molecule has 0 heterocycles. The molecule has 0 aromatic heterocycles. The van der Waals surface area contributed by atoms with Crippen LogP contribution in [0.5, 0.6) is 0 Å². The average molecular weight is 511 g/mol. The van der Waals surface area contributed by atoms with Gasteiger partial charge in [0.05, 0.1) is 6.16 Å². The van der Waals surface area contributed by atoms with Crippen LogP contribution in [0.3, 0.4) is 0 Å². The second-order valence-corrected chi connectivity index (χ2v) is 13.2. The molecule has 0 radical (unpaired) electrons. The molecule has 0 spiro atoms. The van der Waals surface area contributed by atoms with E-state index in [1.165, 1.54) is 86.3 Å². The zero-order valence-corrected chi connectivity index (χ0v) is 22.0. The molecule has 0 aliphatic heterocycles. The standard InChI is InChI=1S/C30H39BrP/c31-26-18-7-5-3-1-2-4-6-8-19-27-32(28-20-12-9-13-21-28,29-22-14-10-15-23-29)30-24-16-11-17-25-30/h9-17,20-25H,1-8,18-19,26-27H2/q+1. The maximum atomic E-state index is 3.53. The van der Waals surface area contributed by atoms with Crippen LogP contribution in [0.1, 0.15) is 64.2 Å². The molecule has 2 heteroatoms. The highest BCUT2D eigenvalue weighted by atomic mass is 79.9. The van der Waals surface area contributed by atoms with Crippen molar-refractivity contribution in [2.24, 2.45) is 0 Å². The van der Waals surface area contributed by atoms with Gasteiger partial charge >= 0.3 is 0 Å². The lowest BCUT2D eigenvalue weighted by atomic mass is 10.1. The SMILES string of the molecule is BrCCCCCCCCCCCC[P+](c1ccccc1)(c1ccccc1)c1ccccc1. The summed E-state index contributed by atoms with van der Waals surface area (Å²) in [5.74, 6) is 0. The molecule has 0 bridgehead atoms. The van der Waals surface area contributed by atoms with Gasteiger partial charge in [-0.15, -0.1) is 0 Å². The lowest BCUT2D eigenvalue weighted by Crippen LogP contribution is -2.33. The second-order valence-electron chi connectivity index (χ2n) is 8.76. The van der Waals surface area contributed by atoms with E-state index in [1.807, 2.05) is 0 Å². The maximum absolute atomic E-state index is 3.53. The Kier molecular flexibility index (Phi) is 11.5. The fraction of sp³-hybridized carbons (Fsp3) is 0.400. The number of hydrogen-bond donors (Lipinski definition) is 0. The zero-order chi connectivity index (χ0) is 22.3. The Balaban J connectivity index is 1.64. The third kappa shape index (κ3) is 7.29. The highest BCUT2D eigenvalue weighted by Gasteiger charge is 2.44. The summed E-state index contributed by atoms with van der Waals surface area (Å²) in [7, 11) is -1.63. The van der Waals surface area contributed by atoms with Crippen LogP contribution in [0.15, 0.2) is 91.0 Å². The fourth-order valence-electron chi connectivity index (χ4n) is 4.74. The topological polar surface area (TPSA) is 0 Å². The molecule has 0 saturated heterocycles. The molecule has 0 nitrogen and oxygen atoms in total. The molecule has 0 aliphatic rings. The summed E-state index contributed by atoms with van der Waals surface area (Å²) in [5.41, 5.74) is 0. The average Bonchev–Trinajstić information content (AvgIpc) is 2.87. The highest BCUT2D eigenvalue weighted by molar-refractivity contribution is 9.09. The second kappa shape index (κ2) is 14.7. The Morgan fingerprint density at radius 2 is 0.719 bits per heavy atom. The van der Waals surface area contributed by atoms with Gasteiger partial charge in [0, 0.05) is 5.33 Å². The predicted molar refractivity (Wildman–Crippen MR) is 150 cm³/mol. The van der Waals surface area contributed by atoms with Gasteiger partial charge in [0.2, 0.25) is 0 Å². The molecule has 0 aliphatic carbocycles. The lowest BCUT2D eigenvalue weighted by Gasteiger charge is -2.27. The Morgan fingerprint density at radius 1 is 0.406 bits per heavy atom. The molecule has 3 aromatic rings. The summed E-state index contributed by atoms with van der Waals surface area (Å²) >= 11 is 3.53. The van der Waals surface area contributed by atoms with Gasteiger partial charge in [0.25, 0.3) is 0 Å². The summed E-state index contributed by atoms with van der Waals surface area (Å²) < 4.78 is 0. The smallest absolute Gasteiger partial charge is 0.0928 e. The van der Waals surface area contributed by atoms with E-state index in [0.717, 1.165) is 5.33 Å². The first-order valence-corrected chi connectivity index (χ1v) is 15.6. The molecule has 170 valence electrons. The minimum absolute atomic E-state index is 1.16. The number of rotatable bonds is 15. The van der Waals surface area contributed by atoms with Crippen molar-refractivity contribution >= 4 is 39.1 Å². The van der Waals surface area contributed by atoms with Gasteiger partial charge in [-0.1, -0.05) is 115 Å². The number of alkyl halides is 1. The number of hydrogen-bond acceptors (Lipinski definition) is 0. The summed E-state index contributed by atoms with van der Waals surface area (Å²) in [6.45, 7) is 0. The molecule has 0 saturated carbocycles. The molecule has 3 rings (SSSR count). The molecule has 3 aromatic carbocycles. The van der Waals surface area contributed by atoms with Gasteiger partial charge in [-0.05, 0) is 55.7 Å². The predicted octanol–water partition coefficient (Wildman–Crippen LogP) is 8.28. The van der Waals surface area contributed by atoms with E-state index in [-0.39, 0.29) is 0 Å². The third-order valence-corrected chi connectivity index (χ3v) is 11.6. The quantitative estimate of drug-likeness (QED) is 0.110. The first-order valence-electron chi connectivity index (χ1n) is 12.5. The minimum atomic E-state index is -1.63. The van der Waals surface area contributed by atoms with Gasteiger partial charge in [-0.2, -0.15) is 0 Å². The van der Waals surface area contributed by atoms with Crippen LogP contribution < -0.4 is 15.9 Å². The van der Waals surface area contributed by atoms with Gasteiger partial charge < -0.3 is 0 Å². The van der Waals surface area contributed by atoms with Crippen LogP contribution in [0.25, 0.3) is 0 Å². The number of benzene rings is 3. The molecular weight excluding hydrogens is 471 g/mol. The highest BCUT2D eigenvalue weighted by Crippen LogP contribution is 2.55. The van der Waals surface area contributed by atoms with Gasteiger partial charge in [0.1, 0.15) is 23.2 Å². The molecule has 0 fully saturated rings. The first kappa shape index (κ1) is 25.2. The molecule has 32 heavy (non-hydrogen) atoms. The molecule has 0 amide bonds. The van der Waals surface area contributed by atoms with Gasteiger partial charge in [0.15, 0.2) is 0 Å². The maximum Gasteiger partial charge on any atom is 0.112 e. The third-order valence-electron chi connectivity index (χ3n) is 6.47. The normalized spacial score (nSPS) is 11.5. The number of halogens is 1. The van der Waals surface area contributed by atoms with Crippen molar-refractivity contribution in [1.82, 2.24) is 0 Å². The summed E-state index contributed by atoms with van der Waals surface area (Å²) in [6, 6.07) is 33.9. The Labute approximate surface area is 205 Å². The van der Waals surface area contributed by atoms with Gasteiger partial charge in [-0.25, -0.2) is 0 Å². The van der Waals surface area contributed by atoms with E-state index in [1.54, 1.807) is 0 Å². The van der Waals surface area contributed by atoms with Crippen LogP contribution >= 0.6 is 23.2 Å². The van der Waals surface area contributed by atoms with Crippen LogP contribution in [-0.4, -0.2) is 11.5 Å². The van der Waals surface area contributed by atoms with E-state index in [4.69, 9.17) is 0 Å². The van der Waals surface area contributed by atoms with Crippen molar-refractivity contribution < 1.29 is 0 Å². The van der Waals surface area contributed by atoms with Crippen molar-refractivity contribution in [3.8, 4) is 0 Å². The van der Waals surface area contributed by atoms with E-state index in [9.17, 15) is 0 Å². The van der Waals surface area contributed by atoms with E-state index in [2.05, 4.69) is 107 Å². The monoisotopic (exact) mass is 509 g/mol. The Bertz CT molecular complexity index is 751. The molecule has 0 N–H and O–H groups in total.